The minimum absolute atomic E-state index is 0.0556. The summed E-state index contributed by atoms with van der Waals surface area (Å²) in [5.41, 5.74) is 2.23. The molecule has 7 nitrogen and oxygen atoms in total. The number of hydrogen-bond acceptors (Lipinski definition) is 5. The standard InChI is InChI=1S/C17H23N3O4S2/c1-4-19-11-15(10-18-19)16-12-25(21,22)8-7-20(16)26(23,24)17-6-5-13(2)9-14(17)3/h5-6,9-11,16H,4,7-8,12H2,1-3H3/t16-/m0/s1. The van der Waals surface area contributed by atoms with Crippen molar-refractivity contribution in [3.05, 3.63) is 47.3 Å². The SMILES string of the molecule is CCn1cc([C@@H]2CS(=O)(=O)CCN2S(=O)(=O)c2ccc(C)cc2C)cn1. The predicted molar refractivity (Wildman–Crippen MR) is 99.1 cm³/mol. The van der Waals surface area contributed by atoms with Gasteiger partial charge in [-0.05, 0) is 32.4 Å². The zero-order valence-electron chi connectivity index (χ0n) is 15.1. The van der Waals surface area contributed by atoms with Crippen LogP contribution < -0.4 is 0 Å². The molecule has 0 N–H and O–H groups in total. The maximum absolute atomic E-state index is 13.3. The van der Waals surface area contributed by atoms with Crippen molar-refractivity contribution in [2.45, 2.75) is 38.3 Å². The van der Waals surface area contributed by atoms with Crippen LogP contribution in [0.5, 0.6) is 0 Å². The average Bonchev–Trinajstić information content (AvgIpc) is 3.02. The van der Waals surface area contributed by atoms with Gasteiger partial charge in [0.05, 0.1) is 28.6 Å². The Balaban J connectivity index is 2.07. The molecule has 0 spiro atoms. The fourth-order valence-electron chi connectivity index (χ4n) is 3.28. The summed E-state index contributed by atoms with van der Waals surface area (Å²) in [5.74, 6) is -0.401. The fraction of sp³-hybridized carbons (Fsp3) is 0.471. The van der Waals surface area contributed by atoms with E-state index in [2.05, 4.69) is 5.10 Å². The van der Waals surface area contributed by atoms with Gasteiger partial charge in [-0.1, -0.05) is 17.7 Å². The van der Waals surface area contributed by atoms with Crippen LogP contribution in [0.3, 0.4) is 0 Å². The number of sulfonamides is 1. The Morgan fingerprint density at radius 1 is 1.27 bits per heavy atom. The predicted octanol–water partition coefficient (Wildman–Crippen LogP) is 1.68. The van der Waals surface area contributed by atoms with Crippen LogP contribution in [0.1, 0.15) is 29.7 Å². The minimum Gasteiger partial charge on any atom is -0.273 e. The second kappa shape index (κ2) is 6.79. The molecule has 1 aliphatic rings. The van der Waals surface area contributed by atoms with Crippen molar-refractivity contribution in [3.8, 4) is 0 Å². The van der Waals surface area contributed by atoms with Crippen LogP contribution in [0.15, 0.2) is 35.5 Å². The number of rotatable bonds is 4. The van der Waals surface area contributed by atoms with E-state index < -0.39 is 25.9 Å². The number of aromatic nitrogens is 2. The number of benzene rings is 1. The Morgan fingerprint density at radius 2 is 2.00 bits per heavy atom. The lowest BCUT2D eigenvalue weighted by Gasteiger charge is -2.34. The van der Waals surface area contributed by atoms with Crippen LogP contribution in [0.25, 0.3) is 0 Å². The van der Waals surface area contributed by atoms with E-state index in [1.165, 1.54) is 4.31 Å². The number of sulfone groups is 1. The van der Waals surface area contributed by atoms with E-state index in [0.29, 0.717) is 17.7 Å². The van der Waals surface area contributed by atoms with Crippen molar-refractivity contribution in [2.75, 3.05) is 18.1 Å². The lowest BCUT2D eigenvalue weighted by molar-refractivity contribution is 0.344. The van der Waals surface area contributed by atoms with Gasteiger partial charge in [-0.25, -0.2) is 16.8 Å². The molecule has 2 heterocycles. The van der Waals surface area contributed by atoms with E-state index in [1.807, 2.05) is 19.9 Å². The Labute approximate surface area is 154 Å². The maximum Gasteiger partial charge on any atom is 0.243 e. The summed E-state index contributed by atoms with van der Waals surface area (Å²) in [6, 6.07) is 4.40. The van der Waals surface area contributed by atoms with Gasteiger partial charge in [-0.15, -0.1) is 0 Å². The molecular formula is C17H23N3O4S2. The first kappa shape index (κ1) is 19.1. The van der Waals surface area contributed by atoms with Crippen molar-refractivity contribution >= 4 is 19.9 Å². The molecule has 26 heavy (non-hydrogen) atoms. The molecule has 1 aliphatic heterocycles. The van der Waals surface area contributed by atoms with Gasteiger partial charge in [0.15, 0.2) is 9.84 Å². The Bertz CT molecular complexity index is 1030. The molecule has 1 aromatic heterocycles. The van der Waals surface area contributed by atoms with E-state index in [4.69, 9.17) is 0 Å². The summed E-state index contributed by atoms with van der Waals surface area (Å²) in [7, 11) is -7.14. The monoisotopic (exact) mass is 397 g/mol. The second-order valence-electron chi connectivity index (χ2n) is 6.64. The molecule has 0 saturated carbocycles. The first-order valence-corrected chi connectivity index (χ1v) is 11.7. The zero-order chi connectivity index (χ0) is 19.1. The average molecular weight is 398 g/mol. The molecule has 0 radical (unpaired) electrons. The molecule has 0 amide bonds. The highest BCUT2D eigenvalue weighted by Gasteiger charge is 2.40. The molecule has 1 atom stereocenters. The Hall–Kier alpha value is -1.71. The first-order chi connectivity index (χ1) is 12.1. The molecule has 1 aromatic carbocycles. The Kier molecular flexibility index (Phi) is 4.98. The van der Waals surface area contributed by atoms with Crippen molar-refractivity contribution in [1.29, 1.82) is 0 Å². The summed E-state index contributed by atoms with van der Waals surface area (Å²) < 4.78 is 53.9. The second-order valence-corrected chi connectivity index (χ2v) is 10.7. The smallest absolute Gasteiger partial charge is 0.243 e. The first-order valence-electron chi connectivity index (χ1n) is 8.46. The van der Waals surface area contributed by atoms with Gasteiger partial charge in [0.2, 0.25) is 10.0 Å². The third-order valence-corrected chi connectivity index (χ3v) is 8.36. The topological polar surface area (TPSA) is 89.3 Å². The number of nitrogens with zero attached hydrogens (tertiary/aromatic N) is 3. The number of aryl methyl sites for hydroxylation is 3. The van der Waals surface area contributed by atoms with Gasteiger partial charge >= 0.3 is 0 Å². The van der Waals surface area contributed by atoms with E-state index in [1.54, 1.807) is 36.1 Å². The summed E-state index contributed by atoms with van der Waals surface area (Å²) in [5, 5.41) is 4.18. The van der Waals surface area contributed by atoms with Crippen LogP contribution >= 0.6 is 0 Å². The summed E-state index contributed by atoms with van der Waals surface area (Å²) in [4.78, 5) is 0.218. The minimum atomic E-state index is -3.82. The molecule has 0 bridgehead atoms. The highest BCUT2D eigenvalue weighted by atomic mass is 32.2. The van der Waals surface area contributed by atoms with Gasteiger partial charge in [-0.2, -0.15) is 9.40 Å². The zero-order valence-corrected chi connectivity index (χ0v) is 16.7. The molecular weight excluding hydrogens is 374 g/mol. The molecule has 2 aromatic rings. The molecule has 0 aliphatic carbocycles. The maximum atomic E-state index is 13.3. The molecule has 1 saturated heterocycles. The third-order valence-electron chi connectivity index (χ3n) is 4.66. The van der Waals surface area contributed by atoms with Crippen LogP contribution in [-0.2, 0) is 26.4 Å². The van der Waals surface area contributed by atoms with Gasteiger partial charge in [-0.3, -0.25) is 4.68 Å². The van der Waals surface area contributed by atoms with E-state index in [9.17, 15) is 16.8 Å². The van der Waals surface area contributed by atoms with Gasteiger partial charge < -0.3 is 0 Å². The van der Waals surface area contributed by atoms with E-state index in [0.717, 1.165) is 5.56 Å². The Morgan fingerprint density at radius 3 is 2.62 bits per heavy atom. The summed E-state index contributed by atoms with van der Waals surface area (Å²) >= 11 is 0. The lowest BCUT2D eigenvalue weighted by atomic mass is 10.2. The molecule has 142 valence electrons. The largest absolute Gasteiger partial charge is 0.273 e. The molecule has 9 heteroatoms. The van der Waals surface area contributed by atoms with Crippen molar-refractivity contribution in [1.82, 2.24) is 14.1 Å². The van der Waals surface area contributed by atoms with Crippen LogP contribution in [0.2, 0.25) is 0 Å². The summed E-state index contributed by atoms with van der Waals surface area (Å²) in [6.45, 7) is 6.14. The van der Waals surface area contributed by atoms with Gasteiger partial charge in [0.1, 0.15) is 0 Å². The van der Waals surface area contributed by atoms with Crippen molar-refractivity contribution in [3.63, 3.8) is 0 Å². The number of hydrogen-bond donors (Lipinski definition) is 0. The highest BCUT2D eigenvalue weighted by molar-refractivity contribution is 7.92. The quantitative estimate of drug-likeness (QED) is 0.783. The summed E-state index contributed by atoms with van der Waals surface area (Å²) in [6.07, 6.45) is 3.27. The van der Waals surface area contributed by atoms with Gasteiger partial charge in [0, 0.05) is 24.8 Å². The third kappa shape index (κ3) is 3.56. The van der Waals surface area contributed by atoms with Gasteiger partial charge in [0.25, 0.3) is 0 Å². The van der Waals surface area contributed by atoms with E-state index >= 15 is 0 Å². The van der Waals surface area contributed by atoms with Crippen molar-refractivity contribution in [2.24, 2.45) is 0 Å². The molecule has 1 fully saturated rings. The van der Waals surface area contributed by atoms with Crippen LogP contribution in [0, 0.1) is 13.8 Å². The normalized spacial score (nSPS) is 21.0. The molecule has 3 rings (SSSR count). The van der Waals surface area contributed by atoms with Crippen LogP contribution in [0.4, 0.5) is 0 Å². The van der Waals surface area contributed by atoms with E-state index in [-0.39, 0.29) is 22.9 Å². The van der Waals surface area contributed by atoms with Crippen molar-refractivity contribution < 1.29 is 16.8 Å². The molecule has 0 unspecified atom stereocenters. The lowest BCUT2D eigenvalue weighted by Crippen LogP contribution is -2.46. The highest BCUT2D eigenvalue weighted by Crippen LogP contribution is 2.33. The van der Waals surface area contributed by atoms with Crippen LogP contribution in [-0.4, -0.2) is 49.0 Å². The fourth-order valence-corrected chi connectivity index (χ4v) is 6.81.